The lowest BCUT2D eigenvalue weighted by Crippen LogP contribution is -2.31. The zero-order valence-corrected chi connectivity index (χ0v) is 18.5. The van der Waals surface area contributed by atoms with Crippen LogP contribution >= 0.6 is 0 Å². The van der Waals surface area contributed by atoms with Gasteiger partial charge in [0.1, 0.15) is 24.4 Å². The number of aryl methyl sites for hydroxylation is 1. The molecule has 5 rings (SSSR count). The normalized spacial score (nSPS) is 19.0. The quantitative estimate of drug-likeness (QED) is 0.652. The zero-order valence-electron chi connectivity index (χ0n) is 18.5. The molecule has 7 heteroatoms. The van der Waals surface area contributed by atoms with Gasteiger partial charge in [0.15, 0.2) is 5.54 Å². The highest BCUT2D eigenvalue weighted by atomic mass is 16.5. The van der Waals surface area contributed by atoms with Crippen molar-refractivity contribution in [1.82, 2.24) is 9.97 Å². The standard InChI is InChI=1S/C25H26N4O3/c1-24(2,30-3)9-8-16-4-6-21-19(10-16)25(14-31-23(26)29-25)20-11-17(5-7-22(20)32-21)18-12-27-15-28-13-18/h4-7,10-13,15H,8-9,14H2,1-3H3,(H2,26,29)/t25-/m1/s1. The van der Waals surface area contributed by atoms with E-state index in [-0.39, 0.29) is 11.6 Å². The fraction of sp³-hybridized carbons (Fsp3) is 0.320. The third kappa shape index (κ3) is 3.48. The second kappa shape index (κ2) is 7.60. The molecule has 2 N–H and O–H groups in total. The van der Waals surface area contributed by atoms with Crippen LogP contribution < -0.4 is 10.5 Å². The number of hydrogen-bond donors (Lipinski definition) is 1. The zero-order chi connectivity index (χ0) is 22.3. The van der Waals surface area contributed by atoms with Crippen LogP contribution in [-0.2, 0) is 21.4 Å². The molecule has 1 spiro atoms. The van der Waals surface area contributed by atoms with E-state index in [0.29, 0.717) is 6.61 Å². The third-order valence-corrected chi connectivity index (χ3v) is 6.33. The van der Waals surface area contributed by atoms with Gasteiger partial charge in [-0.1, -0.05) is 12.1 Å². The molecule has 0 aliphatic carbocycles. The first-order valence-electron chi connectivity index (χ1n) is 10.6. The van der Waals surface area contributed by atoms with Crippen molar-refractivity contribution in [2.24, 2.45) is 10.7 Å². The summed E-state index contributed by atoms with van der Waals surface area (Å²) in [5, 5.41) is 0. The summed E-state index contributed by atoms with van der Waals surface area (Å²) >= 11 is 0. The molecule has 3 heterocycles. The maximum Gasteiger partial charge on any atom is 0.283 e. The smallest absolute Gasteiger partial charge is 0.283 e. The fourth-order valence-electron chi connectivity index (χ4n) is 4.23. The van der Waals surface area contributed by atoms with Crippen LogP contribution in [-0.4, -0.2) is 35.3 Å². The van der Waals surface area contributed by atoms with Gasteiger partial charge in [0.2, 0.25) is 0 Å². The Bertz CT molecular complexity index is 1190. The van der Waals surface area contributed by atoms with E-state index < -0.39 is 5.54 Å². The van der Waals surface area contributed by atoms with Crippen LogP contribution in [0.4, 0.5) is 0 Å². The van der Waals surface area contributed by atoms with E-state index in [9.17, 15) is 0 Å². The molecule has 0 amide bonds. The van der Waals surface area contributed by atoms with E-state index in [2.05, 4.69) is 42.0 Å². The van der Waals surface area contributed by atoms with Gasteiger partial charge in [0, 0.05) is 36.2 Å². The van der Waals surface area contributed by atoms with Crippen molar-refractivity contribution in [1.29, 1.82) is 0 Å². The first-order chi connectivity index (χ1) is 15.4. The molecule has 0 unspecified atom stereocenters. The Morgan fingerprint density at radius 1 is 1.03 bits per heavy atom. The summed E-state index contributed by atoms with van der Waals surface area (Å²) in [6, 6.07) is 12.5. The van der Waals surface area contributed by atoms with Crippen LogP contribution in [0.25, 0.3) is 11.1 Å². The SMILES string of the molecule is COC(C)(C)CCc1ccc2c(c1)[C@]1(COC(N)=N1)c1cc(-c3cncnc3)ccc1O2. The van der Waals surface area contributed by atoms with E-state index in [0.717, 1.165) is 46.6 Å². The summed E-state index contributed by atoms with van der Waals surface area (Å²) in [6.45, 7) is 4.51. The van der Waals surface area contributed by atoms with Crippen molar-refractivity contribution in [2.75, 3.05) is 13.7 Å². The largest absolute Gasteiger partial charge is 0.462 e. The van der Waals surface area contributed by atoms with Gasteiger partial charge in [0.25, 0.3) is 6.02 Å². The molecule has 3 aromatic rings. The predicted octanol–water partition coefficient (Wildman–Crippen LogP) is 4.20. The summed E-state index contributed by atoms with van der Waals surface area (Å²) in [6.07, 6.45) is 6.87. The average molecular weight is 431 g/mol. The number of nitrogens with zero attached hydrogens (tertiary/aromatic N) is 3. The van der Waals surface area contributed by atoms with Gasteiger partial charge in [-0.3, -0.25) is 0 Å². The first kappa shape index (κ1) is 20.5. The highest BCUT2D eigenvalue weighted by Gasteiger charge is 2.47. The Morgan fingerprint density at radius 2 is 1.75 bits per heavy atom. The van der Waals surface area contributed by atoms with Gasteiger partial charge in [-0.2, -0.15) is 0 Å². The minimum Gasteiger partial charge on any atom is -0.462 e. The summed E-state index contributed by atoms with van der Waals surface area (Å²) in [7, 11) is 1.75. The first-order valence-corrected chi connectivity index (χ1v) is 10.6. The van der Waals surface area contributed by atoms with E-state index in [1.54, 1.807) is 19.5 Å². The number of ether oxygens (including phenoxy) is 3. The van der Waals surface area contributed by atoms with E-state index in [1.165, 1.54) is 11.9 Å². The number of fused-ring (bicyclic) bond motifs is 4. The summed E-state index contributed by atoms with van der Waals surface area (Å²) in [5.41, 5.74) is 10.0. The highest BCUT2D eigenvalue weighted by Crippen LogP contribution is 2.51. The monoisotopic (exact) mass is 430 g/mol. The molecule has 2 aromatic carbocycles. The minimum absolute atomic E-state index is 0.183. The van der Waals surface area contributed by atoms with Gasteiger partial charge in [0.05, 0.1) is 5.60 Å². The van der Waals surface area contributed by atoms with Crippen LogP contribution in [0.15, 0.2) is 60.1 Å². The number of amidine groups is 1. The second-order valence-corrected chi connectivity index (χ2v) is 8.83. The summed E-state index contributed by atoms with van der Waals surface area (Å²) in [4.78, 5) is 13.1. The summed E-state index contributed by atoms with van der Waals surface area (Å²) in [5.74, 6) is 1.51. The molecule has 1 atom stereocenters. The Hall–Kier alpha value is -3.45. The lowest BCUT2D eigenvalue weighted by molar-refractivity contribution is 0.0158. The van der Waals surface area contributed by atoms with Crippen molar-refractivity contribution in [3.8, 4) is 22.6 Å². The molecule has 2 aliphatic rings. The van der Waals surface area contributed by atoms with E-state index >= 15 is 0 Å². The maximum absolute atomic E-state index is 6.29. The lowest BCUT2D eigenvalue weighted by Gasteiger charge is -2.34. The molecule has 0 fully saturated rings. The van der Waals surface area contributed by atoms with Crippen LogP contribution in [0.2, 0.25) is 0 Å². The van der Waals surface area contributed by atoms with Gasteiger partial charge >= 0.3 is 0 Å². The molecular weight excluding hydrogens is 404 g/mol. The minimum atomic E-state index is -0.759. The molecule has 0 radical (unpaired) electrons. The number of aromatic nitrogens is 2. The van der Waals surface area contributed by atoms with Crippen LogP contribution in [0.5, 0.6) is 11.5 Å². The molecule has 32 heavy (non-hydrogen) atoms. The Labute approximate surface area is 187 Å². The second-order valence-electron chi connectivity index (χ2n) is 8.83. The highest BCUT2D eigenvalue weighted by molar-refractivity contribution is 5.77. The maximum atomic E-state index is 6.29. The molecule has 0 saturated carbocycles. The topological polar surface area (TPSA) is 91.9 Å². The van der Waals surface area contributed by atoms with Gasteiger partial charge in [-0.15, -0.1) is 0 Å². The van der Waals surface area contributed by atoms with Gasteiger partial charge in [-0.25, -0.2) is 15.0 Å². The van der Waals surface area contributed by atoms with Crippen LogP contribution in [0, 0.1) is 0 Å². The Balaban J connectivity index is 1.60. The van der Waals surface area contributed by atoms with Crippen molar-refractivity contribution in [2.45, 2.75) is 37.8 Å². The van der Waals surface area contributed by atoms with Gasteiger partial charge in [-0.05, 0) is 62.1 Å². The molecule has 0 saturated heterocycles. The molecule has 164 valence electrons. The number of aliphatic imine (C=N–C) groups is 1. The average Bonchev–Trinajstić information content (AvgIpc) is 3.21. The Kier molecular flexibility index (Phi) is 4.86. The third-order valence-electron chi connectivity index (χ3n) is 6.33. The van der Waals surface area contributed by atoms with Crippen LogP contribution in [0.1, 0.15) is 37.0 Å². The van der Waals surface area contributed by atoms with Crippen molar-refractivity contribution >= 4 is 6.02 Å². The molecule has 2 aliphatic heterocycles. The summed E-state index contributed by atoms with van der Waals surface area (Å²) < 4.78 is 17.6. The molecule has 1 aromatic heterocycles. The fourth-order valence-corrected chi connectivity index (χ4v) is 4.23. The number of nitrogens with two attached hydrogens (primary N) is 1. The number of methoxy groups -OCH3 is 1. The van der Waals surface area contributed by atoms with Crippen molar-refractivity contribution < 1.29 is 14.2 Å². The molecule has 7 nitrogen and oxygen atoms in total. The Morgan fingerprint density at radius 3 is 2.44 bits per heavy atom. The number of hydrogen-bond acceptors (Lipinski definition) is 7. The molecule has 0 bridgehead atoms. The van der Waals surface area contributed by atoms with Gasteiger partial charge < -0.3 is 19.9 Å². The van der Waals surface area contributed by atoms with E-state index in [1.807, 2.05) is 18.2 Å². The predicted molar refractivity (Wildman–Crippen MR) is 122 cm³/mol. The van der Waals surface area contributed by atoms with Crippen LogP contribution in [0.3, 0.4) is 0 Å². The lowest BCUT2D eigenvalue weighted by atomic mass is 9.79. The van der Waals surface area contributed by atoms with Crippen molar-refractivity contribution in [3.63, 3.8) is 0 Å². The molecular formula is C25H26N4O3. The number of benzene rings is 2. The van der Waals surface area contributed by atoms with E-state index in [4.69, 9.17) is 24.9 Å². The van der Waals surface area contributed by atoms with Crippen molar-refractivity contribution in [3.05, 3.63) is 71.8 Å². The number of rotatable bonds is 5.